The molecule has 5 atom stereocenters. The molecule has 0 aliphatic carbocycles. The van der Waals surface area contributed by atoms with Crippen molar-refractivity contribution in [1.82, 2.24) is 14.5 Å². The molecule has 28 heavy (non-hydrogen) atoms. The lowest BCUT2D eigenvalue weighted by molar-refractivity contribution is -0.201. The number of hydrogen-bond donors (Lipinski definition) is 1. The Balaban J connectivity index is 1.99. The van der Waals surface area contributed by atoms with Gasteiger partial charge in [0.2, 0.25) is 0 Å². The van der Waals surface area contributed by atoms with Gasteiger partial charge < -0.3 is 14.2 Å². The number of fused-ring (bicyclic) bond motifs is 1. The van der Waals surface area contributed by atoms with Crippen molar-refractivity contribution in [2.24, 2.45) is 0 Å². The summed E-state index contributed by atoms with van der Waals surface area (Å²) in [6, 6.07) is 2.83. The summed E-state index contributed by atoms with van der Waals surface area (Å²) in [6.45, 7) is 11.9. The Morgan fingerprint density at radius 2 is 1.96 bits per heavy atom. The first-order valence-corrected chi connectivity index (χ1v) is 8.99. The van der Waals surface area contributed by atoms with Gasteiger partial charge in [0, 0.05) is 25.4 Å². The Kier molecular flexibility index (Phi) is 5.67. The van der Waals surface area contributed by atoms with Crippen molar-refractivity contribution >= 4 is 0 Å². The standard InChI is InChI=1S/C19H24N4O5/c1-5-8-22(9-6-2)12(11-20)14-15-16(28-19(3,4)27-15)17(26-14)23-10-7-13(24)21-18(23)25/h5-7,10,12,14-17H,1-2,8-9H2,3-4H3,(H,21,24,25)/t12?,14-,15-,16-,17-/m1/s1. The van der Waals surface area contributed by atoms with Crippen molar-refractivity contribution < 1.29 is 14.2 Å². The zero-order valence-electron chi connectivity index (χ0n) is 15.9. The molecular formula is C19H24N4O5. The van der Waals surface area contributed by atoms with Crippen molar-refractivity contribution in [1.29, 1.82) is 5.26 Å². The van der Waals surface area contributed by atoms with Crippen molar-refractivity contribution in [2.45, 2.75) is 50.2 Å². The molecule has 2 aliphatic heterocycles. The van der Waals surface area contributed by atoms with E-state index in [0.717, 1.165) is 0 Å². The molecular weight excluding hydrogens is 364 g/mol. The molecule has 0 spiro atoms. The first kappa shape index (κ1) is 20.2. The van der Waals surface area contributed by atoms with E-state index in [-0.39, 0.29) is 0 Å². The van der Waals surface area contributed by atoms with Gasteiger partial charge in [-0.15, -0.1) is 13.2 Å². The molecule has 1 aromatic rings. The maximum atomic E-state index is 12.3. The van der Waals surface area contributed by atoms with Crippen LogP contribution in [0.1, 0.15) is 20.1 Å². The quantitative estimate of drug-likeness (QED) is 0.678. The molecule has 0 amide bonds. The summed E-state index contributed by atoms with van der Waals surface area (Å²) >= 11 is 0. The summed E-state index contributed by atoms with van der Waals surface area (Å²) in [4.78, 5) is 27.8. The van der Waals surface area contributed by atoms with Crippen LogP contribution in [0.25, 0.3) is 0 Å². The van der Waals surface area contributed by atoms with E-state index in [4.69, 9.17) is 14.2 Å². The zero-order valence-corrected chi connectivity index (χ0v) is 15.9. The van der Waals surface area contributed by atoms with Crippen LogP contribution < -0.4 is 11.2 Å². The number of nitriles is 1. The van der Waals surface area contributed by atoms with Crippen LogP contribution in [-0.2, 0) is 14.2 Å². The Bertz CT molecular complexity index is 889. The largest absolute Gasteiger partial charge is 0.346 e. The average Bonchev–Trinajstić information content (AvgIpc) is 3.10. The summed E-state index contributed by atoms with van der Waals surface area (Å²) in [6.07, 6.45) is 2.04. The van der Waals surface area contributed by atoms with Gasteiger partial charge in [0.1, 0.15) is 24.4 Å². The lowest BCUT2D eigenvalue weighted by Gasteiger charge is -2.32. The van der Waals surface area contributed by atoms with Crippen molar-refractivity contribution in [3.8, 4) is 6.07 Å². The normalized spacial score (nSPS) is 29.2. The van der Waals surface area contributed by atoms with Crippen molar-refractivity contribution in [3.63, 3.8) is 0 Å². The van der Waals surface area contributed by atoms with Crippen LogP contribution >= 0.6 is 0 Å². The third-order valence-electron chi connectivity index (χ3n) is 4.75. The molecule has 3 rings (SSSR count). The molecule has 2 fully saturated rings. The fraction of sp³-hybridized carbons (Fsp3) is 0.526. The summed E-state index contributed by atoms with van der Waals surface area (Å²) in [5.74, 6) is -0.900. The van der Waals surface area contributed by atoms with E-state index in [9.17, 15) is 14.9 Å². The van der Waals surface area contributed by atoms with E-state index in [2.05, 4.69) is 24.2 Å². The highest BCUT2D eigenvalue weighted by molar-refractivity contribution is 5.10. The number of nitrogens with zero attached hydrogens (tertiary/aromatic N) is 3. The monoisotopic (exact) mass is 388 g/mol. The Morgan fingerprint density at radius 3 is 2.54 bits per heavy atom. The lowest BCUT2D eigenvalue weighted by Crippen LogP contribution is -2.48. The zero-order chi connectivity index (χ0) is 20.5. The number of rotatable bonds is 7. The fourth-order valence-corrected chi connectivity index (χ4v) is 3.71. The summed E-state index contributed by atoms with van der Waals surface area (Å²) < 4.78 is 19.4. The highest BCUT2D eigenvalue weighted by Crippen LogP contribution is 2.44. The van der Waals surface area contributed by atoms with Gasteiger partial charge in [0.15, 0.2) is 12.0 Å². The lowest BCUT2D eigenvalue weighted by atomic mass is 10.0. The topological polar surface area (TPSA) is 110 Å². The van der Waals surface area contributed by atoms with Gasteiger partial charge in [-0.1, -0.05) is 12.2 Å². The Labute approximate surface area is 162 Å². The van der Waals surface area contributed by atoms with Crippen LogP contribution in [0.4, 0.5) is 0 Å². The first-order chi connectivity index (χ1) is 13.3. The molecule has 1 aromatic heterocycles. The number of hydrogen-bond acceptors (Lipinski definition) is 7. The van der Waals surface area contributed by atoms with Gasteiger partial charge in [-0.25, -0.2) is 4.79 Å². The van der Waals surface area contributed by atoms with Gasteiger partial charge >= 0.3 is 5.69 Å². The van der Waals surface area contributed by atoms with E-state index >= 15 is 0 Å². The third kappa shape index (κ3) is 3.72. The van der Waals surface area contributed by atoms with E-state index in [1.54, 1.807) is 26.0 Å². The number of H-pyrrole nitrogens is 1. The number of aromatic amines is 1. The Hall–Kier alpha value is -2.51. The van der Waals surface area contributed by atoms with Crippen LogP contribution in [0.2, 0.25) is 0 Å². The number of aromatic nitrogens is 2. The van der Waals surface area contributed by atoms with Crippen LogP contribution in [0.5, 0.6) is 0 Å². The smallest absolute Gasteiger partial charge is 0.330 e. The minimum Gasteiger partial charge on any atom is -0.346 e. The van der Waals surface area contributed by atoms with Crippen molar-refractivity contribution in [2.75, 3.05) is 13.1 Å². The summed E-state index contributed by atoms with van der Waals surface area (Å²) in [7, 11) is 0. The highest BCUT2D eigenvalue weighted by atomic mass is 16.8. The highest BCUT2D eigenvalue weighted by Gasteiger charge is 2.58. The second-order valence-electron chi connectivity index (χ2n) is 7.18. The van der Waals surface area contributed by atoms with E-state index < -0.39 is 47.6 Å². The predicted molar refractivity (Wildman–Crippen MR) is 100 cm³/mol. The van der Waals surface area contributed by atoms with E-state index in [0.29, 0.717) is 13.1 Å². The van der Waals surface area contributed by atoms with Gasteiger partial charge in [0.25, 0.3) is 5.56 Å². The summed E-state index contributed by atoms with van der Waals surface area (Å²) in [5.41, 5.74) is -1.12. The minimum absolute atomic E-state index is 0.453. The molecule has 0 bridgehead atoms. The SMILES string of the molecule is C=CCN(CC=C)C(C#N)[C@H]1O[C@@H](n2ccc(=O)[nH]c2=O)[C@@H]2OC(C)(C)O[C@@H]21. The van der Waals surface area contributed by atoms with E-state index in [1.807, 2.05) is 4.90 Å². The Morgan fingerprint density at radius 1 is 1.32 bits per heavy atom. The van der Waals surface area contributed by atoms with Gasteiger partial charge in [0.05, 0.1) is 6.07 Å². The van der Waals surface area contributed by atoms with Gasteiger partial charge in [-0.2, -0.15) is 5.26 Å². The van der Waals surface area contributed by atoms with Gasteiger partial charge in [-0.05, 0) is 13.8 Å². The van der Waals surface area contributed by atoms with Crippen molar-refractivity contribution in [3.05, 3.63) is 58.4 Å². The molecule has 1 N–H and O–H groups in total. The maximum Gasteiger partial charge on any atom is 0.330 e. The molecule has 2 saturated heterocycles. The van der Waals surface area contributed by atoms with Crippen LogP contribution in [0.15, 0.2) is 47.2 Å². The second kappa shape index (κ2) is 7.85. The molecule has 150 valence electrons. The second-order valence-corrected chi connectivity index (χ2v) is 7.18. The fourth-order valence-electron chi connectivity index (χ4n) is 3.71. The average molecular weight is 388 g/mol. The van der Waals surface area contributed by atoms with Crippen LogP contribution in [-0.4, -0.2) is 57.7 Å². The number of nitrogens with one attached hydrogen (secondary N) is 1. The molecule has 1 unspecified atom stereocenters. The van der Waals surface area contributed by atoms with Gasteiger partial charge in [-0.3, -0.25) is 19.2 Å². The molecule has 9 heteroatoms. The predicted octanol–water partition coefficient (Wildman–Crippen LogP) is 0.520. The maximum absolute atomic E-state index is 12.3. The summed E-state index contributed by atoms with van der Waals surface area (Å²) in [5, 5.41) is 9.86. The molecule has 9 nitrogen and oxygen atoms in total. The third-order valence-corrected chi connectivity index (χ3v) is 4.75. The van der Waals surface area contributed by atoms with E-state index in [1.165, 1.54) is 16.8 Å². The minimum atomic E-state index is -0.900. The molecule has 0 radical (unpaired) electrons. The first-order valence-electron chi connectivity index (χ1n) is 8.99. The molecule has 0 saturated carbocycles. The molecule has 3 heterocycles. The number of ether oxygens (including phenoxy) is 3. The molecule has 2 aliphatic rings. The molecule has 0 aromatic carbocycles. The van der Waals surface area contributed by atoms with Crippen LogP contribution in [0.3, 0.4) is 0 Å². The van der Waals surface area contributed by atoms with Crippen LogP contribution in [0, 0.1) is 11.3 Å².